The van der Waals surface area contributed by atoms with Gasteiger partial charge in [0.25, 0.3) is 0 Å². The Balaban J connectivity index is 2.04. The molecule has 1 N–H and O–H groups in total. The Bertz CT molecular complexity index is 371. The van der Waals surface area contributed by atoms with Crippen molar-refractivity contribution >= 4 is 27.5 Å². The van der Waals surface area contributed by atoms with Gasteiger partial charge in [-0.3, -0.25) is 0 Å². The largest absolute Gasteiger partial charge is 0.492 e. The van der Waals surface area contributed by atoms with E-state index in [1.807, 2.05) is 18.2 Å². The maximum Gasteiger partial charge on any atom is 0.133 e. The predicted octanol–water partition coefficient (Wildman–Crippen LogP) is 4.90. The van der Waals surface area contributed by atoms with Crippen molar-refractivity contribution in [3.05, 3.63) is 27.7 Å². The van der Waals surface area contributed by atoms with Crippen LogP contribution in [0.5, 0.6) is 5.75 Å². The van der Waals surface area contributed by atoms with Crippen molar-refractivity contribution in [1.82, 2.24) is 5.32 Å². The Kier molecular flexibility index (Phi) is 8.51. The van der Waals surface area contributed by atoms with Crippen LogP contribution in [0.3, 0.4) is 0 Å². The van der Waals surface area contributed by atoms with Crippen LogP contribution < -0.4 is 10.1 Å². The minimum Gasteiger partial charge on any atom is -0.492 e. The molecular weight excluding hydrogens is 326 g/mol. The molecule has 2 nitrogen and oxygen atoms in total. The molecule has 1 aromatic rings. The van der Waals surface area contributed by atoms with Gasteiger partial charge in [-0.15, -0.1) is 0 Å². The van der Waals surface area contributed by atoms with Crippen molar-refractivity contribution in [3.63, 3.8) is 0 Å². The number of rotatable bonds is 9. The average Bonchev–Trinajstić information content (AvgIpc) is 2.34. The topological polar surface area (TPSA) is 21.3 Å². The van der Waals surface area contributed by atoms with Gasteiger partial charge in [-0.2, -0.15) is 0 Å². The number of hydrogen-bond donors (Lipinski definition) is 1. The zero-order chi connectivity index (χ0) is 14.1. The van der Waals surface area contributed by atoms with Crippen LogP contribution in [-0.2, 0) is 0 Å². The third kappa shape index (κ3) is 7.81. The summed E-state index contributed by atoms with van der Waals surface area (Å²) in [7, 11) is 0. The average molecular weight is 349 g/mol. The first-order valence-electron chi connectivity index (χ1n) is 6.88. The maximum absolute atomic E-state index is 5.88. The third-order valence-electron chi connectivity index (χ3n) is 2.70. The normalized spacial score (nSPS) is 11.0. The standard InChI is InChI=1S/C15H23BrClNO/c1-12(2)11-18-8-4-3-5-9-19-15-7-6-13(17)10-14(15)16/h6-7,10,12,18H,3-5,8-9,11H2,1-2H3. The molecule has 4 heteroatoms. The Labute approximate surface area is 130 Å². The molecule has 0 aliphatic carbocycles. The second-order valence-electron chi connectivity index (χ2n) is 5.08. The van der Waals surface area contributed by atoms with Crippen LogP contribution >= 0.6 is 27.5 Å². The molecule has 0 heterocycles. The van der Waals surface area contributed by atoms with Crippen molar-refractivity contribution in [1.29, 1.82) is 0 Å². The van der Waals surface area contributed by atoms with Gasteiger partial charge in [-0.1, -0.05) is 25.4 Å². The van der Waals surface area contributed by atoms with E-state index in [1.54, 1.807) is 0 Å². The van der Waals surface area contributed by atoms with E-state index in [-0.39, 0.29) is 0 Å². The van der Waals surface area contributed by atoms with Gasteiger partial charge in [0.05, 0.1) is 11.1 Å². The van der Waals surface area contributed by atoms with E-state index in [0.29, 0.717) is 0 Å². The predicted molar refractivity (Wildman–Crippen MR) is 86.2 cm³/mol. The molecule has 0 fully saturated rings. The van der Waals surface area contributed by atoms with E-state index < -0.39 is 0 Å². The molecule has 1 aromatic carbocycles. The summed E-state index contributed by atoms with van der Waals surface area (Å²) in [6.45, 7) is 7.41. The van der Waals surface area contributed by atoms with Crippen LogP contribution in [0.15, 0.2) is 22.7 Å². The summed E-state index contributed by atoms with van der Waals surface area (Å²) in [6.07, 6.45) is 3.48. The van der Waals surface area contributed by atoms with Gasteiger partial charge in [-0.05, 0) is 72.4 Å². The monoisotopic (exact) mass is 347 g/mol. The lowest BCUT2D eigenvalue weighted by molar-refractivity contribution is 0.303. The first-order valence-corrected chi connectivity index (χ1v) is 8.05. The highest BCUT2D eigenvalue weighted by molar-refractivity contribution is 9.10. The van der Waals surface area contributed by atoms with Crippen LogP contribution in [0.4, 0.5) is 0 Å². The third-order valence-corrected chi connectivity index (χ3v) is 3.56. The number of hydrogen-bond acceptors (Lipinski definition) is 2. The summed E-state index contributed by atoms with van der Waals surface area (Å²) in [5.74, 6) is 1.59. The highest BCUT2D eigenvalue weighted by Crippen LogP contribution is 2.28. The lowest BCUT2D eigenvalue weighted by atomic mass is 10.2. The van der Waals surface area contributed by atoms with Gasteiger partial charge in [0, 0.05) is 5.02 Å². The van der Waals surface area contributed by atoms with E-state index in [2.05, 4.69) is 35.1 Å². The highest BCUT2D eigenvalue weighted by atomic mass is 79.9. The van der Waals surface area contributed by atoms with Crippen LogP contribution in [0, 0.1) is 5.92 Å². The van der Waals surface area contributed by atoms with E-state index in [1.165, 1.54) is 12.8 Å². The summed E-state index contributed by atoms with van der Waals surface area (Å²) in [4.78, 5) is 0. The summed E-state index contributed by atoms with van der Waals surface area (Å²) in [5, 5.41) is 4.16. The van der Waals surface area contributed by atoms with Crippen molar-refractivity contribution in [3.8, 4) is 5.75 Å². The fourth-order valence-corrected chi connectivity index (χ4v) is 2.49. The van der Waals surface area contributed by atoms with E-state index >= 15 is 0 Å². The molecule has 0 spiro atoms. The van der Waals surface area contributed by atoms with Crippen LogP contribution in [0.1, 0.15) is 33.1 Å². The summed E-state index contributed by atoms with van der Waals surface area (Å²) in [5.41, 5.74) is 0. The zero-order valence-corrected chi connectivity index (χ0v) is 14.1. The second-order valence-corrected chi connectivity index (χ2v) is 6.37. The maximum atomic E-state index is 5.88. The zero-order valence-electron chi connectivity index (χ0n) is 11.7. The number of benzene rings is 1. The fraction of sp³-hybridized carbons (Fsp3) is 0.600. The number of nitrogens with one attached hydrogen (secondary N) is 1. The molecule has 0 aliphatic heterocycles. The lowest BCUT2D eigenvalue weighted by Crippen LogP contribution is -2.20. The minimum absolute atomic E-state index is 0.718. The number of halogens is 2. The van der Waals surface area contributed by atoms with E-state index in [9.17, 15) is 0 Å². The van der Waals surface area contributed by atoms with Crippen molar-refractivity contribution in [2.45, 2.75) is 33.1 Å². The van der Waals surface area contributed by atoms with Gasteiger partial charge in [0.1, 0.15) is 5.75 Å². The fourth-order valence-electron chi connectivity index (χ4n) is 1.69. The quantitative estimate of drug-likeness (QED) is 0.641. The first kappa shape index (κ1) is 16.8. The molecular formula is C15H23BrClNO. The smallest absolute Gasteiger partial charge is 0.133 e. The molecule has 108 valence electrons. The minimum atomic E-state index is 0.718. The molecule has 0 radical (unpaired) electrons. The molecule has 0 saturated carbocycles. The highest BCUT2D eigenvalue weighted by Gasteiger charge is 2.01. The summed E-state index contributed by atoms with van der Waals surface area (Å²) < 4.78 is 6.63. The van der Waals surface area contributed by atoms with Gasteiger partial charge < -0.3 is 10.1 Å². The Morgan fingerprint density at radius 1 is 1.26 bits per heavy atom. The lowest BCUT2D eigenvalue weighted by Gasteiger charge is -2.09. The van der Waals surface area contributed by atoms with Gasteiger partial charge in [0.2, 0.25) is 0 Å². The second kappa shape index (κ2) is 9.62. The molecule has 0 aliphatic rings. The molecule has 0 unspecified atom stereocenters. The van der Waals surface area contributed by atoms with Crippen molar-refractivity contribution in [2.24, 2.45) is 5.92 Å². The van der Waals surface area contributed by atoms with E-state index in [4.69, 9.17) is 16.3 Å². The molecule has 0 atom stereocenters. The molecule has 0 aromatic heterocycles. The Morgan fingerprint density at radius 2 is 2.05 bits per heavy atom. The van der Waals surface area contributed by atoms with Crippen molar-refractivity contribution in [2.75, 3.05) is 19.7 Å². The number of ether oxygens (including phenoxy) is 1. The number of unbranched alkanes of at least 4 members (excludes halogenated alkanes) is 2. The Morgan fingerprint density at radius 3 is 2.74 bits per heavy atom. The molecule has 1 rings (SSSR count). The van der Waals surface area contributed by atoms with Crippen LogP contribution in [0.2, 0.25) is 5.02 Å². The molecule has 0 saturated heterocycles. The van der Waals surface area contributed by atoms with Crippen LogP contribution in [-0.4, -0.2) is 19.7 Å². The van der Waals surface area contributed by atoms with Gasteiger partial charge >= 0.3 is 0 Å². The Hall–Kier alpha value is -0.250. The first-order chi connectivity index (χ1) is 9.09. The van der Waals surface area contributed by atoms with Crippen molar-refractivity contribution < 1.29 is 4.74 Å². The van der Waals surface area contributed by atoms with Gasteiger partial charge in [0.15, 0.2) is 0 Å². The molecule has 0 bridgehead atoms. The molecule has 19 heavy (non-hydrogen) atoms. The SMILES string of the molecule is CC(C)CNCCCCCOc1ccc(Cl)cc1Br. The van der Waals surface area contributed by atoms with E-state index in [0.717, 1.165) is 47.3 Å². The molecule has 0 amide bonds. The summed E-state index contributed by atoms with van der Waals surface area (Å²) >= 11 is 9.32. The summed E-state index contributed by atoms with van der Waals surface area (Å²) in [6, 6.07) is 5.60. The van der Waals surface area contributed by atoms with Crippen LogP contribution in [0.25, 0.3) is 0 Å². The van der Waals surface area contributed by atoms with Gasteiger partial charge in [-0.25, -0.2) is 0 Å².